The highest BCUT2D eigenvalue weighted by Crippen LogP contribution is 2.48. The maximum absolute atomic E-state index is 13.6. The molecule has 3 rings (SSSR count). The average molecular weight is 394 g/mol. The summed E-state index contributed by atoms with van der Waals surface area (Å²) in [5.41, 5.74) is 0.0501. The number of aliphatic hydroxyl groups is 1. The molecule has 5 nitrogen and oxygen atoms in total. The lowest BCUT2D eigenvalue weighted by Gasteiger charge is -2.49. The van der Waals surface area contributed by atoms with Gasteiger partial charge in [-0.05, 0) is 55.7 Å². The number of aliphatic hydroxyl groups excluding tert-OH is 1. The molecule has 0 spiro atoms. The van der Waals surface area contributed by atoms with Gasteiger partial charge in [0.2, 0.25) is 5.91 Å². The number of carbonyl (C=O) groups is 2. The molecule has 1 saturated heterocycles. The third kappa shape index (κ3) is 4.14. The van der Waals surface area contributed by atoms with Crippen molar-refractivity contribution in [3.8, 4) is 0 Å². The molecule has 27 heavy (non-hydrogen) atoms. The Kier molecular flexibility index (Phi) is 5.82. The summed E-state index contributed by atoms with van der Waals surface area (Å²) in [6.07, 6.45) is 2.95. The molecule has 1 aromatic carbocycles. The molecule has 1 amide bonds. The van der Waals surface area contributed by atoms with E-state index in [2.05, 4.69) is 0 Å². The molecule has 1 aromatic rings. The van der Waals surface area contributed by atoms with E-state index in [1.165, 1.54) is 0 Å². The van der Waals surface area contributed by atoms with Crippen LogP contribution in [0.15, 0.2) is 24.3 Å². The third-order valence-electron chi connectivity index (χ3n) is 6.09. The van der Waals surface area contributed by atoms with Crippen LogP contribution in [-0.4, -0.2) is 39.1 Å². The number of benzene rings is 1. The molecule has 1 aliphatic carbocycles. The second kappa shape index (κ2) is 7.80. The van der Waals surface area contributed by atoms with Crippen molar-refractivity contribution in [2.45, 2.75) is 70.6 Å². The normalized spacial score (nSPS) is 28.1. The van der Waals surface area contributed by atoms with Crippen molar-refractivity contribution >= 4 is 23.5 Å². The highest BCUT2D eigenvalue weighted by atomic mass is 35.5. The molecule has 1 saturated carbocycles. The standard InChI is InChI=1S/C21H28ClNO4/c1-3-17(24)19(14-4-5-14)23-16(13-6-8-15(22)9-7-13)10-11-21(2,20(23)27)12-18(25)26/h6-9,14,16-17,19,24H,3-5,10-12H2,1-2H3,(H,25,26)/t16-,17+,19?,21+/m0/s1. The third-order valence-corrected chi connectivity index (χ3v) is 6.34. The van der Waals surface area contributed by atoms with Crippen LogP contribution in [0.25, 0.3) is 0 Å². The van der Waals surface area contributed by atoms with Gasteiger partial charge in [-0.25, -0.2) is 0 Å². The van der Waals surface area contributed by atoms with Crippen LogP contribution in [0.1, 0.15) is 64.0 Å². The van der Waals surface area contributed by atoms with E-state index in [-0.39, 0.29) is 30.3 Å². The molecule has 2 fully saturated rings. The molecule has 1 unspecified atom stereocenters. The lowest BCUT2D eigenvalue weighted by atomic mass is 9.73. The van der Waals surface area contributed by atoms with Gasteiger partial charge < -0.3 is 15.1 Å². The molecule has 1 aliphatic heterocycles. The topological polar surface area (TPSA) is 77.8 Å². The Hall–Kier alpha value is -1.59. The van der Waals surface area contributed by atoms with Crippen molar-refractivity contribution in [3.63, 3.8) is 0 Å². The molecular weight excluding hydrogens is 366 g/mol. The van der Waals surface area contributed by atoms with Crippen molar-refractivity contribution in [1.29, 1.82) is 0 Å². The summed E-state index contributed by atoms with van der Waals surface area (Å²) in [6, 6.07) is 7.05. The molecular formula is C21H28ClNO4. The number of carboxylic acid groups (broad SMARTS) is 1. The minimum absolute atomic E-state index is 0.152. The number of rotatable bonds is 7. The molecule has 2 N–H and O–H groups in total. The maximum atomic E-state index is 13.6. The zero-order valence-electron chi connectivity index (χ0n) is 15.9. The number of piperidine rings is 1. The van der Waals surface area contributed by atoms with Gasteiger partial charge in [-0.2, -0.15) is 0 Å². The van der Waals surface area contributed by atoms with Crippen LogP contribution >= 0.6 is 11.6 Å². The van der Waals surface area contributed by atoms with Crippen molar-refractivity contribution in [3.05, 3.63) is 34.9 Å². The van der Waals surface area contributed by atoms with E-state index in [4.69, 9.17) is 11.6 Å². The van der Waals surface area contributed by atoms with E-state index < -0.39 is 17.5 Å². The van der Waals surface area contributed by atoms with Gasteiger partial charge in [0.15, 0.2) is 0 Å². The van der Waals surface area contributed by atoms with E-state index >= 15 is 0 Å². The van der Waals surface area contributed by atoms with E-state index in [0.717, 1.165) is 18.4 Å². The smallest absolute Gasteiger partial charge is 0.304 e. The number of carbonyl (C=O) groups excluding carboxylic acids is 1. The summed E-state index contributed by atoms with van der Waals surface area (Å²) in [4.78, 5) is 26.8. The van der Waals surface area contributed by atoms with E-state index in [1.54, 1.807) is 6.92 Å². The fourth-order valence-corrected chi connectivity index (χ4v) is 4.54. The minimum atomic E-state index is -0.963. The van der Waals surface area contributed by atoms with Crippen LogP contribution in [0, 0.1) is 11.3 Å². The van der Waals surface area contributed by atoms with E-state index in [0.29, 0.717) is 24.3 Å². The number of hydrogen-bond acceptors (Lipinski definition) is 3. The lowest BCUT2D eigenvalue weighted by Crippen LogP contribution is -2.57. The van der Waals surface area contributed by atoms with Crippen LogP contribution in [0.4, 0.5) is 0 Å². The second-order valence-corrected chi connectivity index (χ2v) is 8.69. The lowest BCUT2D eigenvalue weighted by molar-refractivity contribution is -0.162. The van der Waals surface area contributed by atoms with Crippen LogP contribution < -0.4 is 0 Å². The average Bonchev–Trinajstić information content (AvgIpc) is 3.44. The fraction of sp³-hybridized carbons (Fsp3) is 0.619. The summed E-state index contributed by atoms with van der Waals surface area (Å²) >= 11 is 6.03. The van der Waals surface area contributed by atoms with Crippen LogP contribution in [-0.2, 0) is 9.59 Å². The Balaban J connectivity index is 2.01. The SMILES string of the molecule is CC[C@@H](O)C(C1CC1)N1C(=O)[C@@](C)(CC(=O)O)CC[C@H]1c1ccc(Cl)cc1. The van der Waals surface area contributed by atoms with Gasteiger partial charge in [0.25, 0.3) is 0 Å². The molecule has 148 valence electrons. The molecule has 0 radical (unpaired) electrons. The van der Waals surface area contributed by atoms with Crippen molar-refractivity contribution in [1.82, 2.24) is 4.90 Å². The van der Waals surface area contributed by atoms with Crippen LogP contribution in [0.2, 0.25) is 5.02 Å². The van der Waals surface area contributed by atoms with Gasteiger partial charge in [0.05, 0.1) is 30.0 Å². The van der Waals surface area contributed by atoms with Gasteiger partial charge in [0, 0.05) is 5.02 Å². The van der Waals surface area contributed by atoms with Crippen LogP contribution in [0.3, 0.4) is 0 Å². The zero-order chi connectivity index (χ0) is 19.8. The first-order valence-corrected chi connectivity index (χ1v) is 10.1. The number of amides is 1. The largest absolute Gasteiger partial charge is 0.481 e. The first kappa shape index (κ1) is 20.2. The monoisotopic (exact) mass is 393 g/mol. The molecule has 1 heterocycles. The molecule has 2 aliphatic rings. The Morgan fingerprint density at radius 3 is 2.44 bits per heavy atom. The quantitative estimate of drug-likeness (QED) is 0.733. The molecule has 0 bridgehead atoms. The highest BCUT2D eigenvalue weighted by molar-refractivity contribution is 6.30. The number of aliphatic carboxylic acids is 1. The fourth-order valence-electron chi connectivity index (χ4n) is 4.41. The van der Waals surface area contributed by atoms with Crippen molar-refractivity contribution < 1.29 is 19.8 Å². The first-order valence-electron chi connectivity index (χ1n) is 9.75. The second-order valence-electron chi connectivity index (χ2n) is 8.25. The van der Waals surface area contributed by atoms with Crippen molar-refractivity contribution in [2.24, 2.45) is 11.3 Å². The molecule has 4 atom stereocenters. The van der Waals surface area contributed by atoms with Gasteiger partial charge >= 0.3 is 5.97 Å². The van der Waals surface area contributed by atoms with Gasteiger partial charge in [0.1, 0.15) is 0 Å². The van der Waals surface area contributed by atoms with Crippen LogP contribution in [0.5, 0.6) is 0 Å². The number of nitrogens with zero attached hydrogens (tertiary/aromatic N) is 1. The number of halogens is 1. The van der Waals surface area contributed by atoms with Gasteiger partial charge in [-0.1, -0.05) is 37.6 Å². The zero-order valence-corrected chi connectivity index (χ0v) is 16.7. The van der Waals surface area contributed by atoms with Gasteiger partial charge in [-0.3, -0.25) is 9.59 Å². The van der Waals surface area contributed by atoms with Crippen molar-refractivity contribution in [2.75, 3.05) is 0 Å². The number of hydrogen-bond donors (Lipinski definition) is 2. The Labute approximate surface area is 165 Å². The predicted octanol–water partition coefficient (Wildman–Crippen LogP) is 4.03. The number of carboxylic acids is 1. The first-order chi connectivity index (χ1) is 12.8. The Morgan fingerprint density at radius 1 is 1.30 bits per heavy atom. The predicted molar refractivity (Wildman–Crippen MR) is 103 cm³/mol. The van der Waals surface area contributed by atoms with E-state index in [9.17, 15) is 19.8 Å². The van der Waals surface area contributed by atoms with E-state index in [1.807, 2.05) is 36.1 Å². The summed E-state index contributed by atoms with van der Waals surface area (Å²) in [6.45, 7) is 3.67. The van der Waals surface area contributed by atoms with Gasteiger partial charge in [-0.15, -0.1) is 0 Å². The summed E-state index contributed by atoms with van der Waals surface area (Å²) in [5, 5.41) is 20.7. The maximum Gasteiger partial charge on any atom is 0.304 e. The Morgan fingerprint density at radius 2 is 1.93 bits per heavy atom. The minimum Gasteiger partial charge on any atom is -0.481 e. The summed E-state index contributed by atoms with van der Waals surface area (Å²) < 4.78 is 0. The summed E-state index contributed by atoms with van der Waals surface area (Å²) in [7, 11) is 0. The Bertz CT molecular complexity index is 703. The summed E-state index contributed by atoms with van der Waals surface area (Å²) in [5.74, 6) is -0.832. The molecule has 6 heteroatoms. The number of likely N-dealkylation sites (tertiary alicyclic amines) is 1. The molecule has 0 aromatic heterocycles. The highest BCUT2D eigenvalue weighted by Gasteiger charge is 2.52.